The van der Waals surface area contributed by atoms with Gasteiger partial charge in [0.1, 0.15) is 5.15 Å². The Bertz CT molecular complexity index is 250. The molecule has 1 aromatic heterocycles. The molecule has 1 rings (SSSR count). The van der Waals surface area contributed by atoms with Crippen molar-refractivity contribution in [2.45, 2.75) is 25.8 Å². The van der Waals surface area contributed by atoms with Gasteiger partial charge in [-0.2, -0.15) is 0 Å². The van der Waals surface area contributed by atoms with Gasteiger partial charge >= 0.3 is 0 Å². The first kappa shape index (κ1) is 9.49. The summed E-state index contributed by atoms with van der Waals surface area (Å²) in [5.74, 6) is 0. The highest BCUT2D eigenvalue weighted by Gasteiger charge is 2.05. The summed E-state index contributed by atoms with van der Waals surface area (Å²) in [4.78, 5) is 4.13. The molecule has 0 unspecified atom stereocenters. The van der Waals surface area contributed by atoms with Crippen molar-refractivity contribution >= 4 is 11.6 Å². The average molecular weight is 185 g/mol. The third kappa shape index (κ3) is 2.47. The second-order valence-electron chi connectivity index (χ2n) is 2.78. The van der Waals surface area contributed by atoms with E-state index in [0.29, 0.717) is 5.15 Å². The third-order valence-corrected chi connectivity index (χ3v) is 1.93. The summed E-state index contributed by atoms with van der Waals surface area (Å²) in [5, 5.41) is 0.513. The second-order valence-corrected chi connectivity index (χ2v) is 3.17. The van der Waals surface area contributed by atoms with Crippen LogP contribution in [-0.2, 0) is 0 Å². The largest absolute Gasteiger partial charge is 0.323 e. The van der Waals surface area contributed by atoms with Gasteiger partial charge in [0.2, 0.25) is 0 Å². The van der Waals surface area contributed by atoms with Crippen LogP contribution in [0.3, 0.4) is 0 Å². The molecular formula is C9H13ClN2. The van der Waals surface area contributed by atoms with Gasteiger partial charge in [0.05, 0.1) is 5.69 Å². The van der Waals surface area contributed by atoms with Crippen molar-refractivity contribution in [1.29, 1.82) is 0 Å². The molecule has 0 aliphatic rings. The second kappa shape index (κ2) is 4.43. The van der Waals surface area contributed by atoms with Gasteiger partial charge in [-0.25, -0.2) is 4.98 Å². The molecule has 1 atom stereocenters. The van der Waals surface area contributed by atoms with Gasteiger partial charge in [-0.15, -0.1) is 0 Å². The Morgan fingerprint density at radius 3 is 2.92 bits per heavy atom. The first-order valence-corrected chi connectivity index (χ1v) is 4.50. The van der Waals surface area contributed by atoms with Crippen molar-refractivity contribution in [3.05, 3.63) is 29.0 Å². The van der Waals surface area contributed by atoms with E-state index in [0.717, 1.165) is 18.5 Å². The average Bonchev–Trinajstić information content (AvgIpc) is 2.05. The van der Waals surface area contributed by atoms with Crippen LogP contribution in [0.4, 0.5) is 0 Å². The highest BCUT2D eigenvalue weighted by atomic mass is 35.5. The number of nitrogens with two attached hydrogens (primary N) is 1. The van der Waals surface area contributed by atoms with Gasteiger partial charge in [0.25, 0.3) is 0 Å². The molecule has 66 valence electrons. The molecule has 0 aliphatic carbocycles. The fourth-order valence-electron chi connectivity index (χ4n) is 1.09. The van der Waals surface area contributed by atoms with Crippen LogP contribution in [0.25, 0.3) is 0 Å². The lowest BCUT2D eigenvalue weighted by Crippen LogP contribution is -2.11. The molecule has 12 heavy (non-hydrogen) atoms. The minimum atomic E-state index is 0.0219. The maximum absolute atomic E-state index is 5.85. The van der Waals surface area contributed by atoms with E-state index in [2.05, 4.69) is 11.9 Å². The summed E-state index contributed by atoms with van der Waals surface area (Å²) in [5.41, 5.74) is 6.73. The van der Waals surface area contributed by atoms with Crippen molar-refractivity contribution in [3.63, 3.8) is 0 Å². The molecule has 0 radical (unpaired) electrons. The lowest BCUT2D eigenvalue weighted by molar-refractivity contribution is 0.622. The maximum atomic E-state index is 5.85. The van der Waals surface area contributed by atoms with E-state index in [1.54, 1.807) is 6.07 Å². The van der Waals surface area contributed by atoms with Crippen molar-refractivity contribution in [1.82, 2.24) is 4.98 Å². The smallest absolute Gasteiger partial charge is 0.129 e. The molecule has 3 heteroatoms. The van der Waals surface area contributed by atoms with Gasteiger partial charge in [0.15, 0.2) is 0 Å². The number of hydrogen-bond donors (Lipinski definition) is 1. The summed E-state index contributed by atoms with van der Waals surface area (Å²) in [6.45, 7) is 2.10. The van der Waals surface area contributed by atoms with Crippen molar-refractivity contribution < 1.29 is 0 Å². The zero-order valence-corrected chi connectivity index (χ0v) is 7.88. The molecule has 0 bridgehead atoms. The number of hydrogen-bond acceptors (Lipinski definition) is 2. The molecule has 0 aliphatic heterocycles. The molecule has 0 fully saturated rings. The molecule has 2 N–H and O–H groups in total. The van der Waals surface area contributed by atoms with E-state index in [-0.39, 0.29) is 6.04 Å². The summed E-state index contributed by atoms with van der Waals surface area (Å²) in [7, 11) is 0. The van der Waals surface area contributed by atoms with E-state index in [9.17, 15) is 0 Å². The first-order valence-electron chi connectivity index (χ1n) is 4.12. The van der Waals surface area contributed by atoms with E-state index < -0.39 is 0 Å². The van der Waals surface area contributed by atoms with Crippen LogP contribution in [0.1, 0.15) is 31.5 Å². The van der Waals surface area contributed by atoms with Gasteiger partial charge < -0.3 is 5.73 Å². The van der Waals surface area contributed by atoms with Gasteiger partial charge in [-0.05, 0) is 18.6 Å². The number of pyridine rings is 1. The van der Waals surface area contributed by atoms with Crippen molar-refractivity contribution in [2.24, 2.45) is 5.73 Å². The molecule has 2 nitrogen and oxygen atoms in total. The summed E-state index contributed by atoms with van der Waals surface area (Å²) in [6.07, 6.45) is 2.02. The molecule has 0 saturated carbocycles. The van der Waals surface area contributed by atoms with Gasteiger partial charge in [-0.1, -0.05) is 31.0 Å². The predicted octanol–water partition coefficient (Wildman–Crippen LogP) is 2.53. The molecule has 1 heterocycles. The van der Waals surface area contributed by atoms with E-state index in [4.69, 9.17) is 17.3 Å². The highest BCUT2D eigenvalue weighted by Crippen LogP contribution is 2.15. The topological polar surface area (TPSA) is 38.9 Å². The van der Waals surface area contributed by atoms with Crippen LogP contribution in [0.5, 0.6) is 0 Å². The van der Waals surface area contributed by atoms with Crippen LogP contribution in [-0.4, -0.2) is 4.98 Å². The fraction of sp³-hybridized carbons (Fsp3) is 0.444. The SMILES string of the molecule is CCC[C@@H](N)c1cccc(Cl)n1. The molecule has 0 saturated heterocycles. The van der Waals surface area contributed by atoms with Gasteiger partial charge in [-0.3, -0.25) is 0 Å². The van der Waals surface area contributed by atoms with E-state index in [1.807, 2.05) is 12.1 Å². The summed E-state index contributed by atoms with van der Waals surface area (Å²) in [6, 6.07) is 5.56. The molecule has 0 amide bonds. The Morgan fingerprint density at radius 1 is 1.58 bits per heavy atom. The monoisotopic (exact) mass is 184 g/mol. The normalized spacial score (nSPS) is 12.9. The Hall–Kier alpha value is -0.600. The minimum absolute atomic E-state index is 0.0219. The van der Waals surface area contributed by atoms with E-state index in [1.165, 1.54) is 0 Å². The predicted molar refractivity (Wildman–Crippen MR) is 51.1 cm³/mol. The first-order chi connectivity index (χ1) is 5.74. The minimum Gasteiger partial charge on any atom is -0.323 e. The zero-order valence-electron chi connectivity index (χ0n) is 7.13. The Kier molecular flexibility index (Phi) is 3.50. The quantitative estimate of drug-likeness (QED) is 0.734. The number of aromatic nitrogens is 1. The Labute approximate surface area is 77.8 Å². The van der Waals surface area contributed by atoms with Crippen LogP contribution < -0.4 is 5.73 Å². The highest BCUT2D eigenvalue weighted by molar-refractivity contribution is 6.29. The molecule has 0 aromatic carbocycles. The summed E-state index contributed by atoms with van der Waals surface area (Å²) >= 11 is 5.72. The lowest BCUT2D eigenvalue weighted by Gasteiger charge is -2.08. The molecule has 1 aromatic rings. The summed E-state index contributed by atoms with van der Waals surface area (Å²) < 4.78 is 0. The van der Waals surface area contributed by atoms with Crippen molar-refractivity contribution in [3.8, 4) is 0 Å². The molecule has 0 spiro atoms. The molecular weight excluding hydrogens is 172 g/mol. The van der Waals surface area contributed by atoms with Crippen LogP contribution in [0.2, 0.25) is 5.15 Å². The van der Waals surface area contributed by atoms with Gasteiger partial charge in [0, 0.05) is 6.04 Å². The fourth-order valence-corrected chi connectivity index (χ4v) is 1.26. The zero-order chi connectivity index (χ0) is 8.97. The van der Waals surface area contributed by atoms with Crippen LogP contribution in [0, 0.1) is 0 Å². The number of rotatable bonds is 3. The maximum Gasteiger partial charge on any atom is 0.129 e. The van der Waals surface area contributed by atoms with Crippen LogP contribution in [0.15, 0.2) is 18.2 Å². The Morgan fingerprint density at radius 2 is 2.33 bits per heavy atom. The van der Waals surface area contributed by atoms with Crippen molar-refractivity contribution in [2.75, 3.05) is 0 Å². The lowest BCUT2D eigenvalue weighted by atomic mass is 10.1. The standard InChI is InChI=1S/C9H13ClN2/c1-2-4-7(11)8-5-3-6-9(10)12-8/h3,5-7H,2,4,11H2,1H3/t7-/m1/s1. The number of nitrogens with zero attached hydrogens (tertiary/aromatic N) is 1. The third-order valence-electron chi connectivity index (χ3n) is 1.72. The Balaban J connectivity index is 2.73. The van der Waals surface area contributed by atoms with Crippen LogP contribution >= 0.6 is 11.6 Å². The number of halogens is 1. The van der Waals surface area contributed by atoms with E-state index >= 15 is 0 Å².